The van der Waals surface area contributed by atoms with Crippen molar-refractivity contribution >= 4 is 17.8 Å². The molecule has 0 aromatic carbocycles. The highest BCUT2D eigenvalue weighted by Gasteiger charge is 2.26. The molecule has 1 aliphatic carbocycles. The molecule has 2 N–H and O–H groups in total. The standard InChI is InChI=1S/C14H18N2O5/c1-7-11(13(18)20-3)8(2)15-12(7)14(19)21-6-10(17)16-9-4-5-9/h9,15H,4-6H2,1-3H3,(H,16,17). The Morgan fingerprint density at radius 3 is 2.48 bits per heavy atom. The van der Waals surface area contributed by atoms with E-state index in [1.54, 1.807) is 13.8 Å². The molecule has 1 fully saturated rings. The van der Waals surface area contributed by atoms with Gasteiger partial charge in [-0.15, -0.1) is 0 Å². The van der Waals surface area contributed by atoms with Gasteiger partial charge in [0.05, 0.1) is 12.7 Å². The minimum absolute atomic E-state index is 0.159. The van der Waals surface area contributed by atoms with Crippen molar-refractivity contribution in [3.05, 3.63) is 22.5 Å². The fourth-order valence-electron chi connectivity index (χ4n) is 2.06. The molecule has 0 bridgehead atoms. The summed E-state index contributed by atoms with van der Waals surface area (Å²) in [5.41, 5.74) is 1.44. The van der Waals surface area contributed by atoms with E-state index >= 15 is 0 Å². The van der Waals surface area contributed by atoms with Gasteiger partial charge in [-0.3, -0.25) is 4.79 Å². The van der Waals surface area contributed by atoms with Crippen LogP contribution in [0.25, 0.3) is 0 Å². The van der Waals surface area contributed by atoms with E-state index in [1.807, 2.05) is 0 Å². The zero-order valence-electron chi connectivity index (χ0n) is 12.2. The molecule has 1 heterocycles. The van der Waals surface area contributed by atoms with Crippen LogP contribution in [-0.2, 0) is 14.3 Å². The molecule has 0 atom stereocenters. The van der Waals surface area contributed by atoms with Crippen LogP contribution in [0.4, 0.5) is 0 Å². The number of ether oxygens (including phenoxy) is 2. The number of amides is 1. The molecule has 1 aromatic heterocycles. The Morgan fingerprint density at radius 2 is 1.90 bits per heavy atom. The summed E-state index contributed by atoms with van der Waals surface area (Å²) in [6, 6.07) is 0.219. The molecule has 0 saturated heterocycles. The number of methoxy groups -OCH3 is 1. The van der Waals surface area contributed by atoms with E-state index in [1.165, 1.54) is 7.11 Å². The van der Waals surface area contributed by atoms with Crippen molar-refractivity contribution in [2.45, 2.75) is 32.7 Å². The lowest BCUT2D eigenvalue weighted by molar-refractivity contribution is -0.124. The fourth-order valence-corrected chi connectivity index (χ4v) is 2.06. The van der Waals surface area contributed by atoms with E-state index < -0.39 is 11.9 Å². The van der Waals surface area contributed by atoms with Gasteiger partial charge in [0, 0.05) is 11.7 Å². The number of aromatic amines is 1. The smallest absolute Gasteiger partial charge is 0.355 e. The van der Waals surface area contributed by atoms with Crippen LogP contribution in [0.15, 0.2) is 0 Å². The highest BCUT2D eigenvalue weighted by Crippen LogP contribution is 2.20. The maximum atomic E-state index is 12.0. The summed E-state index contributed by atoms with van der Waals surface area (Å²) < 4.78 is 9.61. The predicted octanol–water partition coefficient (Wildman–Crippen LogP) is 0.854. The molecule has 7 heteroatoms. The first kappa shape index (κ1) is 15.1. The number of rotatable bonds is 5. The van der Waals surface area contributed by atoms with E-state index in [0.29, 0.717) is 16.8 Å². The van der Waals surface area contributed by atoms with Crippen molar-refractivity contribution in [3.8, 4) is 0 Å². The lowest BCUT2D eigenvalue weighted by Crippen LogP contribution is -2.30. The quantitative estimate of drug-likeness (QED) is 0.785. The normalized spacial score (nSPS) is 13.7. The van der Waals surface area contributed by atoms with Crippen molar-refractivity contribution in [2.75, 3.05) is 13.7 Å². The lowest BCUT2D eigenvalue weighted by atomic mass is 10.1. The molecule has 114 valence electrons. The van der Waals surface area contributed by atoms with Gasteiger partial charge in [0.25, 0.3) is 5.91 Å². The number of carbonyl (C=O) groups is 3. The summed E-state index contributed by atoms with van der Waals surface area (Å²) >= 11 is 0. The second kappa shape index (κ2) is 5.99. The summed E-state index contributed by atoms with van der Waals surface area (Å²) in [5.74, 6) is -1.51. The maximum Gasteiger partial charge on any atom is 0.355 e. The minimum atomic E-state index is -0.670. The number of nitrogens with one attached hydrogen (secondary N) is 2. The Kier molecular flexibility index (Phi) is 4.30. The van der Waals surface area contributed by atoms with Crippen LogP contribution >= 0.6 is 0 Å². The maximum absolute atomic E-state index is 12.0. The van der Waals surface area contributed by atoms with Crippen LogP contribution in [-0.4, -0.2) is 42.6 Å². The molecule has 2 rings (SSSR count). The molecule has 0 aliphatic heterocycles. The van der Waals surface area contributed by atoms with Crippen LogP contribution in [0.1, 0.15) is 44.9 Å². The highest BCUT2D eigenvalue weighted by atomic mass is 16.5. The summed E-state index contributed by atoms with van der Waals surface area (Å²) in [6.45, 7) is 2.95. The van der Waals surface area contributed by atoms with Gasteiger partial charge in [0.15, 0.2) is 6.61 Å². The Hall–Kier alpha value is -2.31. The molecule has 1 amide bonds. The van der Waals surface area contributed by atoms with Crippen LogP contribution in [0.5, 0.6) is 0 Å². The zero-order chi connectivity index (χ0) is 15.6. The van der Waals surface area contributed by atoms with Crippen LogP contribution < -0.4 is 5.32 Å². The molecular formula is C14H18N2O5. The van der Waals surface area contributed by atoms with Crippen LogP contribution in [0.2, 0.25) is 0 Å². The molecule has 21 heavy (non-hydrogen) atoms. The van der Waals surface area contributed by atoms with E-state index in [0.717, 1.165) is 12.8 Å². The van der Waals surface area contributed by atoms with Crippen molar-refractivity contribution in [2.24, 2.45) is 0 Å². The molecule has 0 unspecified atom stereocenters. The third-order valence-corrected chi connectivity index (χ3v) is 3.31. The average molecular weight is 294 g/mol. The molecule has 1 saturated carbocycles. The van der Waals surface area contributed by atoms with Gasteiger partial charge in [-0.05, 0) is 32.3 Å². The van der Waals surface area contributed by atoms with Gasteiger partial charge >= 0.3 is 11.9 Å². The van der Waals surface area contributed by atoms with Crippen molar-refractivity contribution in [1.29, 1.82) is 0 Å². The second-order valence-electron chi connectivity index (χ2n) is 5.03. The van der Waals surface area contributed by atoms with Gasteiger partial charge in [-0.1, -0.05) is 0 Å². The van der Waals surface area contributed by atoms with Crippen LogP contribution in [0.3, 0.4) is 0 Å². The first-order valence-corrected chi connectivity index (χ1v) is 6.68. The number of hydrogen-bond donors (Lipinski definition) is 2. The first-order chi connectivity index (χ1) is 9.93. The van der Waals surface area contributed by atoms with Crippen molar-refractivity contribution in [1.82, 2.24) is 10.3 Å². The molecular weight excluding hydrogens is 276 g/mol. The van der Waals surface area contributed by atoms with Crippen molar-refractivity contribution < 1.29 is 23.9 Å². The second-order valence-corrected chi connectivity index (χ2v) is 5.03. The number of aryl methyl sites for hydroxylation is 1. The van der Waals surface area contributed by atoms with Gasteiger partial charge in [-0.25, -0.2) is 9.59 Å². The third kappa shape index (κ3) is 3.42. The van der Waals surface area contributed by atoms with Gasteiger partial charge < -0.3 is 19.8 Å². The molecule has 0 spiro atoms. The molecule has 1 aromatic rings. The summed E-state index contributed by atoms with van der Waals surface area (Å²) in [7, 11) is 1.27. The monoisotopic (exact) mass is 294 g/mol. The Balaban J connectivity index is 2.01. The summed E-state index contributed by atoms with van der Waals surface area (Å²) in [5, 5.41) is 2.72. The Labute approximate surface area is 122 Å². The van der Waals surface area contributed by atoms with Gasteiger partial charge in [-0.2, -0.15) is 0 Å². The number of aromatic nitrogens is 1. The SMILES string of the molecule is COC(=O)c1c(C)[nH]c(C(=O)OCC(=O)NC2CC2)c1C. The topological polar surface area (TPSA) is 97.5 Å². The molecule has 7 nitrogen and oxygen atoms in total. The molecule has 1 aliphatic rings. The van der Waals surface area contributed by atoms with E-state index in [9.17, 15) is 14.4 Å². The highest BCUT2D eigenvalue weighted by molar-refractivity contribution is 5.99. The van der Waals surface area contributed by atoms with E-state index in [4.69, 9.17) is 4.74 Å². The van der Waals surface area contributed by atoms with Crippen molar-refractivity contribution in [3.63, 3.8) is 0 Å². The summed E-state index contributed by atoms with van der Waals surface area (Å²) in [6.07, 6.45) is 1.94. The minimum Gasteiger partial charge on any atom is -0.465 e. The average Bonchev–Trinajstić information content (AvgIpc) is 3.20. The summed E-state index contributed by atoms with van der Waals surface area (Å²) in [4.78, 5) is 37.9. The van der Waals surface area contributed by atoms with Gasteiger partial charge in [0.1, 0.15) is 5.69 Å². The van der Waals surface area contributed by atoms with Crippen LogP contribution in [0, 0.1) is 13.8 Å². The molecule has 0 radical (unpaired) electrons. The number of esters is 2. The lowest BCUT2D eigenvalue weighted by Gasteiger charge is -2.05. The third-order valence-electron chi connectivity index (χ3n) is 3.31. The first-order valence-electron chi connectivity index (χ1n) is 6.68. The Morgan fingerprint density at radius 1 is 1.24 bits per heavy atom. The fraction of sp³-hybridized carbons (Fsp3) is 0.500. The predicted molar refractivity (Wildman–Crippen MR) is 73.1 cm³/mol. The largest absolute Gasteiger partial charge is 0.465 e. The Bertz CT molecular complexity index is 586. The zero-order valence-corrected chi connectivity index (χ0v) is 12.2. The van der Waals surface area contributed by atoms with E-state index in [-0.39, 0.29) is 24.2 Å². The number of H-pyrrole nitrogens is 1. The van der Waals surface area contributed by atoms with E-state index in [2.05, 4.69) is 15.0 Å². The number of carbonyl (C=O) groups excluding carboxylic acids is 3. The van der Waals surface area contributed by atoms with Gasteiger partial charge in [0.2, 0.25) is 0 Å². The number of hydrogen-bond acceptors (Lipinski definition) is 5.